The van der Waals surface area contributed by atoms with Crippen LogP contribution in [0.15, 0.2) is 42.5 Å². The van der Waals surface area contributed by atoms with Gasteiger partial charge >= 0.3 is 0 Å². The van der Waals surface area contributed by atoms with Gasteiger partial charge in [0.15, 0.2) is 0 Å². The van der Waals surface area contributed by atoms with Crippen molar-refractivity contribution in [3.8, 4) is 0 Å². The van der Waals surface area contributed by atoms with Crippen molar-refractivity contribution in [1.82, 2.24) is 4.90 Å². The number of nitrogens with one attached hydrogen (secondary N) is 1. The number of anilines is 1. The van der Waals surface area contributed by atoms with E-state index >= 15 is 0 Å². The number of benzene rings is 2. The third kappa shape index (κ3) is 3.78. The lowest BCUT2D eigenvalue weighted by molar-refractivity contribution is 0.319. The molecule has 0 saturated carbocycles. The van der Waals surface area contributed by atoms with Crippen LogP contribution >= 0.6 is 11.6 Å². The quantitative estimate of drug-likeness (QED) is 0.904. The number of rotatable bonds is 4. The van der Waals surface area contributed by atoms with Gasteiger partial charge in [-0.1, -0.05) is 35.9 Å². The summed E-state index contributed by atoms with van der Waals surface area (Å²) in [5.74, 6) is 0. The van der Waals surface area contributed by atoms with Gasteiger partial charge in [0.25, 0.3) is 0 Å². The van der Waals surface area contributed by atoms with Gasteiger partial charge in [0.2, 0.25) is 0 Å². The van der Waals surface area contributed by atoms with Crippen LogP contribution in [0.25, 0.3) is 0 Å². The molecule has 110 valence electrons. The Kier molecular flexibility index (Phi) is 4.47. The molecule has 0 bridgehead atoms. The summed E-state index contributed by atoms with van der Waals surface area (Å²) in [6.45, 7) is 3.01. The van der Waals surface area contributed by atoms with Crippen molar-refractivity contribution in [2.45, 2.75) is 25.9 Å². The summed E-state index contributed by atoms with van der Waals surface area (Å²) < 4.78 is 0. The molecule has 1 N–H and O–H groups in total. The Labute approximate surface area is 131 Å². The molecule has 1 aliphatic rings. The molecule has 0 aliphatic carbocycles. The first-order valence-corrected chi connectivity index (χ1v) is 7.87. The lowest BCUT2D eigenvalue weighted by atomic mass is 10.0. The zero-order valence-electron chi connectivity index (χ0n) is 12.4. The van der Waals surface area contributed by atoms with Gasteiger partial charge in [0, 0.05) is 30.3 Å². The van der Waals surface area contributed by atoms with Crippen molar-refractivity contribution >= 4 is 17.3 Å². The first-order chi connectivity index (χ1) is 10.2. The number of halogens is 1. The van der Waals surface area contributed by atoms with Crippen molar-refractivity contribution in [3.63, 3.8) is 0 Å². The van der Waals surface area contributed by atoms with Gasteiger partial charge in [0.1, 0.15) is 0 Å². The Morgan fingerprint density at radius 1 is 1.05 bits per heavy atom. The van der Waals surface area contributed by atoms with Crippen LogP contribution in [0.4, 0.5) is 5.69 Å². The van der Waals surface area contributed by atoms with Crippen LogP contribution in [0.5, 0.6) is 0 Å². The zero-order valence-corrected chi connectivity index (χ0v) is 13.2. The first kappa shape index (κ1) is 14.4. The predicted molar refractivity (Wildman–Crippen MR) is 89.9 cm³/mol. The largest absolute Gasteiger partial charge is 0.385 e. The molecule has 1 heterocycles. The van der Waals surface area contributed by atoms with Crippen LogP contribution < -0.4 is 5.32 Å². The van der Waals surface area contributed by atoms with Crippen LogP contribution in [0.3, 0.4) is 0 Å². The van der Waals surface area contributed by atoms with E-state index in [0.717, 1.165) is 24.7 Å². The fourth-order valence-corrected chi connectivity index (χ4v) is 3.02. The Balaban J connectivity index is 1.64. The summed E-state index contributed by atoms with van der Waals surface area (Å²) in [5.41, 5.74) is 5.44. The van der Waals surface area contributed by atoms with E-state index in [4.69, 9.17) is 11.6 Å². The molecule has 0 amide bonds. The number of nitrogens with zero attached hydrogens (tertiary/aromatic N) is 1. The first-order valence-electron chi connectivity index (χ1n) is 7.49. The molecule has 3 rings (SSSR count). The van der Waals surface area contributed by atoms with E-state index in [1.165, 1.54) is 35.2 Å². The van der Waals surface area contributed by atoms with E-state index in [1.54, 1.807) is 0 Å². The van der Waals surface area contributed by atoms with Crippen molar-refractivity contribution < 1.29 is 0 Å². The van der Waals surface area contributed by atoms with Gasteiger partial charge in [0.05, 0.1) is 0 Å². The average Bonchev–Trinajstić information content (AvgIpc) is 2.49. The maximum absolute atomic E-state index is 5.93. The van der Waals surface area contributed by atoms with Gasteiger partial charge < -0.3 is 5.32 Å². The average molecular weight is 301 g/mol. The maximum Gasteiger partial charge on any atom is 0.0406 e. The van der Waals surface area contributed by atoms with Crippen molar-refractivity contribution in [2.75, 3.05) is 18.9 Å². The highest BCUT2D eigenvalue weighted by Gasteiger charge is 2.09. The van der Waals surface area contributed by atoms with Crippen molar-refractivity contribution in [3.05, 3.63) is 64.2 Å². The van der Waals surface area contributed by atoms with Crippen LogP contribution in [-0.2, 0) is 19.5 Å². The minimum Gasteiger partial charge on any atom is -0.385 e. The molecule has 2 aromatic carbocycles. The number of aryl methyl sites for hydroxylation is 1. The summed E-state index contributed by atoms with van der Waals surface area (Å²) in [5, 5.41) is 4.26. The smallest absolute Gasteiger partial charge is 0.0406 e. The second-order valence-corrected chi connectivity index (χ2v) is 6.26. The maximum atomic E-state index is 5.93. The summed E-state index contributed by atoms with van der Waals surface area (Å²) in [7, 11) is 2.16. The number of fused-ring (bicyclic) bond motifs is 1. The Morgan fingerprint density at radius 3 is 2.57 bits per heavy atom. The Hall–Kier alpha value is -1.51. The standard InChI is InChI=1S/C18H21ClN2/c1-21(12-14-4-7-17(19)8-5-14)13-15-6-9-18-16(11-15)3-2-10-20-18/h4-9,11,20H,2-3,10,12-13H2,1H3. The van der Waals surface area contributed by atoms with E-state index in [1.807, 2.05) is 12.1 Å². The van der Waals surface area contributed by atoms with Crippen LogP contribution in [-0.4, -0.2) is 18.5 Å². The molecule has 1 aliphatic heterocycles. The van der Waals surface area contributed by atoms with Crippen LogP contribution in [0.2, 0.25) is 5.02 Å². The van der Waals surface area contributed by atoms with Crippen molar-refractivity contribution in [2.24, 2.45) is 0 Å². The monoisotopic (exact) mass is 300 g/mol. The molecule has 2 aromatic rings. The molecule has 2 nitrogen and oxygen atoms in total. The summed E-state index contributed by atoms with van der Waals surface area (Å²) in [6, 6.07) is 14.9. The fraction of sp³-hybridized carbons (Fsp3) is 0.333. The molecule has 0 fully saturated rings. The third-order valence-electron chi connectivity index (χ3n) is 3.93. The van der Waals surface area contributed by atoms with E-state index in [9.17, 15) is 0 Å². The number of hydrogen-bond acceptors (Lipinski definition) is 2. The third-order valence-corrected chi connectivity index (χ3v) is 4.18. The fourth-order valence-electron chi connectivity index (χ4n) is 2.90. The van der Waals surface area contributed by atoms with Gasteiger partial charge in [-0.15, -0.1) is 0 Å². The van der Waals surface area contributed by atoms with E-state index in [-0.39, 0.29) is 0 Å². The minimum absolute atomic E-state index is 0.795. The highest BCUT2D eigenvalue weighted by Crippen LogP contribution is 2.23. The Morgan fingerprint density at radius 2 is 1.76 bits per heavy atom. The van der Waals surface area contributed by atoms with E-state index in [2.05, 4.69) is 47.6 Å². The highest BCUT2D eigenvalue weighted by atomic mass is 35.5. The second-order valence-electron chi connectivity index (χ2n) is 5.82. The summed E-state index contributed by atoms with van der Waals surface area (Å²) >= 11 is 5.93. The molecule has 3 heteroatoms. The summed E-state index contributed by atoms with van der Waals surface area (Å²) in [4.78, 5) is 2.33. The molecular weight excluding hydrogens is 280 g/mol. The SMILES string of the molecule is CN(Cc1ccc(Cl)cc1)Cc1ccc2c(c1)CCCN2. The lowest BCUT2D eigenvalue weighted by Crippen LogP contribution is -2.18. The predicted octanol–water partition coefficient (Wildman–Crippen LogP) is 4.33. The normalized spacial score (nSPS) is 13.9. The molecule has 0 aromatic heterocycles. The van der Waals surface area contributed by atoms with Crippen LogP contribution in [0, 0.1) is 0 Å². The molecular formula is C18H21ClN2. The number of hydrogen-bond donors (Lipinski definition) is 1. The summed E-state index contributed by atoms with van der Waals surface area (Å²) in [6.07, 6.45) is 2.42. The highest BCUT2D eigenvalue weighted by molar-refractivity contribution is 6.30. The van der Waals surface area contributed by atoms with Gasteiger partial charge in [-0.2, -0.15) is 0 Å². The molecule has 0 unspecified atom stereocenters. The van der Waals surface area contributed by atoms with Gasteiger partial charge in [-0.05, 0) is 54.8 Å². The van der Waals surface area contributed by atoms with Crippen LogP contribution in [0.1, 0.15) is 23.1 Å². The second kappa shape index (κ2) is 6.50. The van der Waals surface area contributed by atoms with Gasteiger partial charge in [-0.25, -0.2) is 0 Å². The molecule has 0 spiro atoms. The molecule has 21 heavy (non-hydrogen) atoms. The van der Waals surface area contributed by atoms with Gasteiger partial charge in [-0.3, -0.25) is 4.90 Å². The van der Waals surface area contributed by atoms with E-state index in [0.29, 0.717) is 0 Å². The van der Waals surface area contributed by atoms with Crippen molar-refractivity contribution in [1.29, 1.82) is 0 Å². The Bertz CT molecular complexity index is 607. The molecule has 0 saturated heterocycles. The molecule has 0 radical (unpaired) electrons. The topological polar surface area (TPSA) is 15.3 Å². The zero-order chi connectivity index (χ0) is 14.7. The van der Waals surface area contributed by atoms with E-state index < -0.39 is 0 Å². The lowest BCUT2D eigenvalue weighted by Gasteiger charge is -2.21. The minimum atomic E-state index is 0.795. The molecule has 0 atom stereocenters.